The van der Waals surface area contributed by atoms with Crippen molar-refractivity contribution in [2.75, 3.05) is 39.2 Å². The Hall–Kier alpha value is -0.960. The third kappa shape index (κ3) is 5.51. The third-order valence-corrected chi connectivity index (χ3v) is 6.13. The fourth-order valence-electron chi connectivity index (χ4n) is 3.12. The summed E-state index contributed by atoms with van der Waals surface area (Å²) >= 11 is 0. The van der Waals surface area contributed by atoms with Gasteiger partial charge in [-0.2, -0.15) is 0 Å². The summed E-state index contributed by atoms with van der Waals surface area (Å²) in [5.74, 6) is 0.0487. The van der Waals surface area contributed by atoms with E-state index in [1.807, 2.05) is 0 Å². The van der Waals surface area contributed by atoms with Gasteiger partial charge < -0.3 is 14.0 Å². The van der Waals surface area contributed by atoms with Crippen LogP contribution in [0.1, 0.15) is 38.8 Å². The zero-order chi connectivity index (χ0) is 18.3. The molecule has 0 spiro atoms. The standard InChI is InChI=1S/C17H31N3O4S/c1-4-10-24-16-7-6-8-19(14-16)13-15-12-18-17(25(21,22)5-2)20(15)9-11-23-3/h12,16H,4-11,13-14H2,1-3H3/t16-/m1/s1. The zero-order valence-electron chi connectivity index (χ0n) is 15.6. The highest BCUT2D eigenvalue weighted by molar-refractivity contribution is 7.91. The van der Waals surface area contributed by atoms with Crippen molar-refractivity contribution in [3.8, 4) is 0 Å². The molecule has 25 heavy (non-hydrogen) atoms. The van der Waals surface area contributed by atoms with Crippen LogP contribution in [-0.4, -0.2) is 68.1 Å². The zero-order valence-corrected chi connectivity index (χ0v) is 16.4. The molecule has 1 aliphatic rings. The Labute approximate surface area is 151 Å². The lowest BCUT2D eigenvalue weighted by Crippen LogP contribution is -2.39. The molecule has 1 aromatic heterocycles. The highest BCUT2D eigenvalue weighted by Gasteiger charge is 2.25. The second kappa shape index (κ2) is 9.66. The minimum atomic E-state index is -3.35. The van der Waals surface area contributed by atoms with Crippen LogP contribution in [0.3, 0.4) is 0 Å². The molecule has 0 unspecified atom stereocenters. The molecular formula is C17H31N3O4S. The van der Waals surface area contributed by atoms with E-state index >= 15 is 0 Å². The Kier molecular flexibility index (Phi) is 7.86. The summed E-state index contributed by atoms with van der Waals surface area (Å²) in [5.41, 5.74) is 0.917. The summed E-state index contributed by atoms with van der Waals surface area (Å²) in [6.07, 6.45) is 5.17. The van der Waals surface area contributed by atoms with E-state index in [0.717, 1.165) is 44.7 Å². The molecule has 0 radical (unpaired) electrons. The molecule has 0 N–H and O–H groups in total. The van der Waals surface area contributed by atoms with E-state index < -0.39 is 9.84 Å². The van der Waals surface area contributed by atoms with Crippen molar-refractivity contribution in [2.45, 2.75) is 57.5 Å². The fraction of sp³-hybridized carbons (Fsp3) is 0.824. The van der Waals surface area contributed by atoms with Crippen molar-refractivity contribution in [3.05, 3.63) is 11.9 Å². The lowest BCUT2D eigenvalue weighted by atomic mass is 10.1. The molecule has 0 saturated carbocycles. The van der Waals surface area contributed by atoms with Gasteiger partial charge in [-0.3, -0.25) is 4.90 Å². The van der Waals surface area contributed by atoms with E-state index in [0.29, 0.717) is 19.7 Å². The van der Waals surface area contributed by atoms with Crippen LogP contribution >= 0.6 is 0 Å². The molecule has 0 amide bonds. The van der Waals surface area contributed by atoms with Gasteiger partial charge in [0.05, 0.1) is 30.4 Å². The quantitative estimate of drug-likeness (QED) is 0.622. The number of methoxy groups -OCH3 is 1. The summed E-state index contributed by atoms with van der Waals surface area (Å²) in [5, 5.41) is 0.151. The molecule has 2 rings (SSSR count). The lowest BCUT2D eigenvalue weighted by molar-refractivity contribution is -0.00289. The molecule has 8 heteroatoms. The first-order chi connectivity index (χ1) is 12.0. The van der Waals surface area contributed by atoms with Gasteiger partial charge in [0.2, 0.25) is 15.0 Å². The highest BCUT2D eigenvalue weighted by atomic mass is 32.2. The van der Waals surface area contributed by atoms with Crippen molar-refractivity contribution in [3.63, 3.8) is 0 Å². The Bertz CT molecular complexity index is 630. The van der Waals surface area contributed by atoms with Gasteiger partial charge in [0.25, 0.3) is 0 Å². The van der Waals surface area contributed by atoms with Crippen LogP contribution in [0.15, 0.2) is 11.4 Å². The van der Waals surface area contributed by atoms with Crippen LogP contribution in [0.25, 0.3) is 0 Å². The second-order valence-electron chi connectivity index (χ2n) is 6.45. The van der Waals surface area contributed by atoms with E-state index in [4.69, 9.17) is 9.47 Å². The normalized spacial score (nSPS) is 19.4. The van der Waals surface area contributed by atoms with Crippen molar-refractivity contribution in [2.24, 2.45) is 0 Å². The van der Waals surface area contributed by atoms with Crippen molar-refractivity contribution < 1.29 is 17.9 Å². The maximum atomic E-state index is 12.3. The maximum Gasteiger partial charge on any atom is 0.227 e. The summed E-state index contributed by atoms with van der Waals surface area (Å²) in [7, 11) is -1.73. The molecule has 0 aliphatic carbocycles. The number of hydrogen-bond acceptors (Lipinski definition) is 6. The van der Waals surface area contributed by atoms with Crippen LogP contribution in [-0.2, 0) is 32.4 Å². The molecule has 1 aliphatic heterocycles. The summed E-state index contributed by atoms with van der Waals surface area (Å²) in [6.45, 7) is 8.06. The minimum absolute atomic E-state index is 0.0487. The number of hydrogen-bond donors (Lipinski definition) is 0. The molecule has 0 bridgehead atoms. The largest absolute Gasteiger partial charge is 0.383 e. The maximum absolute atomic E-state index is 12.3. The van der Waals surface area contributed by atoms with Gasteiger partial charge in [-0.05, 0) is 25.8 Å². The Morgan fingerprint density at radius 2 is 2.12 bits per heavy atom. The number of ether oxygens (including phenoxy) is 2. The first kappa shape index (κ1) is 20.4. The first-order valence-electron chi connectivity index (χ1n) is 9.11. The van der Waals surface area contributed by atoms with E-state index in [1.165, 1.54) is 0 Å². The summed E-state index contributed by atoms with van der Waals surface area (Å²) < 4.78 is 37.4. The van der Waals surface area contributed by atoms with E-state index in [9.17, 15) is 8.42 Å². The lowest BCUT2D eigenvalue weighted by Gasteiger charge is -2.32. The third-order valence-electron chi connectivity index (χ3n) is 4.48. The average Bonchev–Trinajstić information content (AvgIpc) is 3.01. The molecule has 7 nitrogen and oxygen atoms in total. The predicted octanol–water partition coefficient (Wildman–Crippen LogP) is 1.71. The molecule has 1 atom stereocenters. The topological polar surface area (TPSA) is 73.7 Å². The molecule has 1 aromatic rings. The van der Waals surface area contributed by atoms with E-state index in [2.05, 4.69) is 16.8 Å². The molecule has 0 aromatic carbocycles. The van der Waals surface area contributed by atoms with Crippen molar-refractivity contribution in [1.82, 2.24) is 14.5 Å². The Morgan fingerprint density at radius 3 is 2.80 bits per heavy atom. The van der Waals surface area contributed by atoms with Crippen molar-refractivity contribution in [1.29, 1.82) is 0 Å². The van der Waals surface area contributed by atoms with Gasteiger partial charge in [0, 0.05) is 33.4 Å². The van der Waals surface area contributed by atoms with Gasteiger partial charge >= 0.3 is 0 Å². The number of sulfone groups is 1. The Morgan fingerprint density at radius 1 is 1.32 bits per heavy atom. The fourth-order valence-corrected chi connectivity index (χ4v) is 4.14. The van der Waals surface area contributed by atoms with Crippen LogP contribution in [0.2, 0.25) is 0 Å². The van der Waals surface area contributed by atoms with Gasteiger partial charge in [-0.25, -0.2) is 13.4 Å². The highest BCUT2D eigenvalue weighted by Crippen LogP contribution is 2.19. The van der Waals surface area contributed by atoms with Crippen LogP contribution in [0.4, 0.5) is 0 Å². The number of piperidine rings is 1. The average molecular weight is 374 g/mol. The number of likely N-dealkylation sites (tertiary alicyclic amines) is 1. The monoisotopic (exact) mass is 373 g/mol. The minimum Gasteiger partial charge on any atom is -0.383 e. The second-order valence-corrected chi connectivity index (χ2v) is 8.62. The van der Waals surface area contributed by atoms with Gasteiger partial charge in [-0.15, -0.1) is 0 Å². The first-order valence-corrected chi connectivity index (χ1v) is 10.8. The van der Waals surface area contributed by atoms with Crippen molar-refractivity contribution >= 4 is 9.84 Å². The Balaban J connectivity index is 2.12. The molecule has 1 saturated heterocycles. The van der Waals surface area contributed by atoms with Gasteiger partial charge in [-0.1, -0.05) is 13.8 Å². The van der Waals surface area contributed by atoms with E-state index in [1.54, 1.807) is 24.8 Å². The smallest absolute Gasteiger partial charge is 0.227 e. The SMILES string of the molecule is CCCO[C@@H]1CCCN(Cc2cnc(S(=O)(=O)CC)n2CCOC)C1. The van der Waals surface area contributed by atoms with Gasteiger partial charge in [0.1, 0.15) is 0 Å². The molecular weight excluding hydrogens is 342 g/mol. The number of imidazole rings is 1. The van der Waals surface area contributed by atoms with Gasteiger partial charge in [0.15, 0.2) is 0 Å². The molecule has 144 valence electrons. The number of rotatable bonds is 10. The summed E-state index contributed by atoms with van der Waals surface area (Å²) in [6, 6.07) is 0. The van der Waals surface area contributed by atoms with E-state index in [-0.39, 0.29) is 17.0 Å². The summed E-state index contributed by atoms with van der Waals surface area (Å²) in [4.78, 5) is 6.53. The van der Waals surface area contributed by atoms with Crippen LogP contribution < -0.4 is 0 Å². The van der Waals surface area contributed by atoms with Crippen LogP contribution in [0, 0.1) is 0 Å². The predicted molar refractivity (Wildman–Crippen MR) is 96.4 cm³/mol. The van der Waals surface area contributed by atoms with Crippen LogP contribution in [0.5, 0.6) is 0 Å². The molecule has 1 fully saturated rings. The number of nitrogens with zero attached hydrogens (tertiary/aromatic N) is 3. The molecule has 2 heterocycles. The number of aromatic nitrogens is 2.